The second-order valence-electron chi connectivity index (χ2n) is 6.69. The summed E-state index contributed by atoms with van der Waals surface area (Å²) in [6.45, 7) is 4.16. The van der Waals surface area contributed by atoms with Crippen molar-refractivity contribution >= 4 is 23.4 Å². The lowest BCUT2D eigenvalue weighted by atomic mass is 9.96. The highest BCUT2D eigenvalue weighted by atomic mass is 35.5. The quantitative estimate of drug-likeness (QED) is 0.874. The summed E-state index contributed by atoms with van der Waals surface area (Å²) in [7, 11) is 0. The molecule has 2 heterocycles. The Kier molecular flexibility index (Phi) is 5.93. The average Bonchev–Trinajstić information content (AvgIpc) is 3.10. The van der Waals surface area contributed by atoms with Gasteiger partial charge in [0.15, 0.2) is 0 Å². The average molecular weight is 375 g/mol. The number of hydrogen-bond donors (Lipinski definition) is 1. The zero-order valence-electron chi connectivity index (χ0n) is 14.8. The normalized spacial score (nSPS) is 15.1. The Hall–Kier alpha value is -2.34. The van der Waals surface area contributed by atoms with Crippen molar-refractivity contribution in [2.45, 2.75) is 26.3 Å². The van der Waals surface area contributed by atoms with Crippen molar-refractivity contribution in [3.63, 3.8) is 0 Å². The van der Waals surface area contributed by atoms with Crippen LogP contribution in [0, 0.1) is 5.92 Å². The van der Waals surface area contributed by atoms with Gasteiger partial charge < -0.3 is 10.2 Å². The molecule has 2 aromatic rings. The molecule has 138 valence electrons. The predicted octanol–water partition coefficient (Wildman–Crippen LogP) is 2.57. The number of halogens is 1. The highest BCUT2D eigenvalue weighted by Gasteiger charge is 2.24. The first-order valence-electron chi connectivity index (χ1n) is 8.82. The summed E-state index contributed by atoms with van der Waals surface area (Å²) in [6, 6.07) is 7.62. The Balaban J connectivity index is 1.55. The van der Waals surface area contributed by atoms with E-state index in [0.717, 1.165) is 18.4 Å². The third-order valence-electron chi connectivity index (χ3n) is 4.71. The van der Waals surface area contributed by atoms with Crippen LogP contribution in [-0.2, 0) is 11.3 Å². The fourth-order valence-corrected chi connectivity index (χ4v) is 3.37. The number of aromatic nitrogens is 2. The molecule has 6 nitrogen and oxygen atoms in total. The zero-order valence-corrected chi connectivity index (χ0v) is 15.6. The molecule has 3 rings (SSSR count). The van der Waals surface area contributed by atoms with Crippen molar-refractivity contribution in [2.24, 2.45) is 5.92 Å². The molecule has 7 heteroatoms. The smallest absolute Gasteiger partial charge is 0.257 e. The van der Waals surface area contributed by atoms with E-state index in [-0.39, 0.29) is 11.8 Å². The van der Waals surface area contributed by atoms with Crippen LogP contribution in [-0.4, -0.2) is 46.1 Å². The summed E-state index contributed by atoms with van der Waals surface area (Å²) in [5.74, 6) is 0.439. The molecule has 1 saturated heterocycles. The van der Waals surface area contributed by atoms with E-state index in [4.69, 9.17) is 11.6 Å². The van der Waals surface area contributed by atoms with Gasteiger partial charge in [-0.25, -0.2) is 0 Å². The molecular weight excluding hydrogens is 352 g/mol. The van der Waals surface area contributed by atoms with E-state index in [1.54, 1.807) is 17.1 Å². The number of hydrogen-bond acceptors (Lipinski definition) is 3. The number of amides is 2. The Morgan fingerprint density at radius 1 is 1.27 bits per heavy atom. The molecule has 1 N–H and O–H groups in total. The molecule has 1 fully saturated rings. The first kappa shape index (κ1) is 18.5. The van der Waals surface area contributed by atoms with Crippen LogP contribution in [0.25, 0.3) is 0 Å². The number of benzene rings is 1. The Labute approximate surface area is 158 Å². The lowest BCUT2D eigenvalue weighted by molar-refractivity contribution is -0.119. The van der Waals surface area contributed by atoms with Crippen LogP contribution < -0.4 is 5.32 Å². The lowest BCUT2D eigenvalue weighted by Crippen LogP contribution is -2.41. The van der Waals surface area contributed by atoms with Gasteiger partial charge in [0.2, 0.25) is 5.91 Å². The molecule has 0 aliphatic carbocycles. The molecule has 0 atom stereocenters. The van der Waals surface area contributed by atoms with Crippen molar-refractivity contribution in [2.75, 3.05) is 19.6 Å². The lowest BCUT2D eigenvalue weighted by Gasteiger charge is -2.31. The van der Waals surface area contributed by atoms with Crippen molar-refractivity contribution in [1.82, 2.24) is 20.0 Å². The summed E-state index contributed by atoms with van der Waals surface area (Å²) in [4.78, 5) is 25.5. The summed E-state index contributed by atoms with van der Waals surface area (Å²) >= 11 is 6.18. The maximum atomic E-state index is 12.7. The summed E-state index contributed by atoms with van der Waals surface area (Å²) in [5, 5.41) is 7.84. The largest absolute Gasteiger partial charge is 0.356 e. The molecule has 1 aromatic heterocycles. The van der Waals surface area contributed by atoms with Crippen LogP contribution in [0.4, 0.5) is 0 Å². The minimum atomic E-state index is -0.00515. The minimum absolute atomic E-state index is 0.00515. The van der Waals surface area contributed by atoms with Gasteiger partial charge in [0.1, 0.15) is 0 Å². The third kappa shape index (κ3) is 4.64. The van der Waals surface area contributed by atoms with Gasteiger partial charge in [-0.2, -0.15) is 5.10 Å². The van der Waals surface area contributed by atoms with E-state index >= 15 is 0 Å². The Morgan fingerprint density at radius 3 is 2.69 bits per heavy atom. The number of nitrogens with zero attached hydrogens (tertiary/aromatic N) is 3. The molecule has 0 saturated carbocycles. The van der Waals surface area contributed by atoms with Crippen LogP contribution >= 0.6 is 11.6 Å². The first-order valence-corrected chi connectivity index (χ1v) is 9.20. The summed E-state index contributed by atoms with van der Waals surface area (Å²) in [5.41, 5.74) is 1.56. The topological polar surface area (TPSA) is 67.2 Å². The van der Waals surface area contributed by atoms with E-state index in [2.05, 4.69) is 10.4 Å². The summed E-state index contributed by atoms with van der Waals surface area (Å²) < 4.78 is 1.73. The number of carbonyl (C=O) groups is 2. The SMILES string of the molecule is CC(=O)NCC1CCN(C(=O)c2cnn(Cc3ccccc3Cl)c2)CC1. The number of carbonyl (C=O) groups excluding carboxylic acids is 2. The molecule has 1 aliphatic rings. The van der Waals surface area contributed by atoms with E-state index in [1.165, 1.54) is 6.92 Å². The second-order valence-corrected chi connectivity index (χ2v) is 7.10. The van der Waals surface area contributed by atoms with Gasteiger partial charge in [-0.05, 0) is 30.4 Å². The van der Waals surface area contributed by atoms with Gasteiger partial charge in [-0.3, -0.25) is 14.3 Å². The van der Waals surface area contributed by atoms with Crippen LogP contribution in [0.2, 0.25) is 5.02 Å². The number of rotatable bonds is 5. The molecular formula is C19H23ClN4O2. The summed E-state index contributed by atoms with van der Waals surface area (Å²) in [6.07, 6.45) is 5.19. The molecule has 0 unspecified atom stereocenters. The molecule has 1 aromatic carbocycles. The molecule has 2 amide bonds. The number of nitrogens with one attached hydrogen (secondary N) is 1. The minimum Gasteiger partial charge on any atom is -0.356 e. The third-order valence-corrected chi connectivity index (χ3v) is 5.08. The van der Waals surface area contributed by atoms with E-state index < -0.39 is 0 Å². The predicted molar refractivity (Wildman–Crippen MR) is 100 cm³/mol. The molecule has 1 aliphatic heterocycles. The fraction of sp³-hybridized carbons (Fsp3) is 0.421. The monoisotopic (exact) mass is 374 g/mol. The second kappa shape index (κ2) is 8.36. The van der Waals surface area contributed by atoms with Crippen LogP contribution in [0.5, 0.6) is 0 Å². The molecule has 0 bridgehead atoms. The highest BCUT2D eigenvalue weighted by Crippen LogP contribution is 2.19. The zero-order chi connectivity index (χ0) is 18.5. The Morgan fingerprint density at radius 2 is 2.00 bits per heavy atom. The van der Waals surface area contributed by atoms with Crippen molar-refractivity contribution in [3.8, 4) is 0 Å². The molecule has 26 heavy (non-hydrogen) atoms. The molecule has 0 spiro atoms. The van der Waals surface area contributed by atoms with Crippen LogP contribution in [0.1, 0.15) is 35.7 Å². The maximum absolute atomic E-state index is 12.7. The first-order chi connectivity index (χ1) is 12.5. The van der Waals surface area contributed by atoms with E-state index in [9.17, 15) is 9.59 Å². The molecule has 0 radical (unpaired) electrons. The van der Waals surface area contributed by atoms with Gasteiger partial charge in [-0.15, -0.1) is 0 Å². The van der Waals surface area contributed by atoms with Gasteiger partial charge in [0.25, 0.3) is 5.91 Å². The van der Waals surface area contributed by atoms with Gasteiger partial charge >= 0.3 is 0 Å². The van der Waals surface area contributed by atoms with Gasteiger partial charge in [0, 0.05) is 37.8 Å². The van der Waals surface area contributed by atoms with Crippen molar-refractivity contribution < 1.29 is 9.59 Å². The van der Waals surface area contributed by atoms with Gasteiger partial charge in [-0.1, -0.05) is 29.8 Å². The van der Waals surface area contributed by atoms with E-state index in [1.807, 2.05) is 29.2 Å². The Bertz CT molecular complexity index is 781. The van der Waals surface area contributed by atoms with Gasteiger partial charge in [0.05, 0.1) is 18.3 Å². The van der Waals surface area contributed by atoms with E-state index in [0.29, 0.717) is 42.7 Å². The van der Waals surface area contributed by atoms with Crippen molar-refractivity contribution in [3.05, 3.63) is 52.8 Å². The highest BCUT2D eigenvalue weighted by molar-refractivity contribution is 6.31. The van der Waals surface area contributed by atoms with Crippen molar-refractivity contribution in [1.29, 1.82) is 0 Å². The number of piperidine rings is 1. The van der Waals surface area contributed by atoms with Crippen LogP contribution in [0.15, 0.2) is 36.7 Å². The standard InChI is InChI=1S/C19H23ClN4O2/c1-14(25)21-10-15-6-8-23(9-7-15)19(26)17-11-22-24(13-17)12-16-4-2-3-5-18(16)20/h2-5,11,13,15H,6-10,12H2,1H3,(H,21,25). The number of likely N-dealkylation sites (tertiary alicyclic amines) is 1. The maximum Gasteiger partial charge on any atom is 0.257 e. The fourth-order valence-electron chi connectivity index (χ4n) is 3.17. The van der Waals surface area contributed by atoms with Crippen LogP contribution in [0.3, 0.4) is 0 Å².